The van der Waals surface area contributed by atoms with Crippen LogP contribution >= 0.6 is 22.9 Å². The predicted octanol–water partition coefficient (Wildman–Crippen LogP) is 4.41. The first-order valence-corrected chi connectivity index (χ1v) is 11.9. The van der Waals surface area contributed by atoms with Crippen LogP contribution in [0, 0.1) is 12.7 Å². The molecule has 0 amide bonds. The van der Waals surface area contributed by atoms with Gasteiger partial charge < -0.3 is 10.0 Å². The maximum absolute atomic E-state index is 13.5. The van der Waals surface area contributed by atoms with Crippen LogP contribution in [-0.2, 0) is 12.0 Å². The van der Waals surface area contributed by atoms with Gasteiger partial charge in [0.05, 0.1) is 24.2 Å². The third-order valence-corrected chi connectivity index (χ3v) is 7.40. The van der Waals surface area contributed by atoms with E-state index >= 15 is 0 Å². The molecular weight excluding hydrogens is 463 g/mol. The number of halogens is 2. The molecule has 0 aliphatic carbocycles. The van der Waals surface area contributed by atoms with Crippen molar-refractivity contribution in [3.63, 3.8) is 0 Å². The number of β-amino-alcohol motifs (C(OH)–C–C–N with tert-alkyl or cyclic N) is 1. The maximum Gasteiger partial charge on any atom is 0.352 e. The standard InChI is InChI=1S/C24H26ClFN4O2S/c1-14-27-22(28-23(32)30(14)12-16-6-8-21(33-16)24(2,3)4)29-10-9-17(20(31)13-29)15-5-7-19(26)18(25)11-15/h5-9,11,20,31H,10,12-13H2,1-4H3/t20-/m0/s1. The van der Waals surface area contributed by atoms with Crippen LogP contribution in [-0.4, -0.2) is 38.8 Å². The maximum atomic E-state index is 13.5. The van der Waals surface area contributed by atoms with Crippen molar-refractivity contribution in [2.24, 2.45) is 0 Å². The summed E-state index contributed by atoms with van der Waals surface area (Å²) in [6.45, 7) is 9.31. The van der Waals surface area contributed by atoms with E-state index in [4.69, 9.17) is 11.6 Å². The molecule has 0 saturated heterocycles. The van der Waals surface area contributed by atoms with Gasteiger partial charge in [-0.15, -0.1) is 11.3 Å². The van der Waals surface area contributed by atoms with Gasteiger partial charge >= 0.3 is 5.69 Å². The smallest absolute Gasteiger partial charge is 0.352 e. The Morgan fingerprint density at radius 2 is 2.00 bits per heavy atom. The van der Waals surface area contributed by atoms with Gasteiger partial charge in [0.15, 0.2) is 0 Å². The highest BCUT2D eigenvalue weighted by Gasteiger charge is 2.25. The number of aliphatic hydroxyl groups excluding tert-OH is 1. The zero-order chi connectivity index (χ0) is 23.9. The molecule has 174 valence electrons. The number of hydrogen-bond donors (Lipinski definition) is 1. The van der Waals surface area contributed by atoms with Gasteiger partial charge in [0.25, 0.3) is 0 Å². The Balaban J connectivity index is 1.55. The van der Waals surface area contributed by atoms with Crippen LogP contribution in [0.2, 0.25) is 5.02 Å². The normalized spacial score (nSPS) is 16.8. The summed E-state index contributed by atoms with van der Waals surface area (Å²) >= 11 is 7.57. The van der Waals surface area contributed by atoms with Gasteiger partial charge in [-0.05, 0) is 47.7 Å². The first-order valence-electron chi connectivity index (χ1n) is 10.7. The molecule has 0 spiro atoms. The highest BCUT2D eigenvalue weighted by atomic mass is 35.5. The molecular formula is C24H26ClFN4O2S. The van der Waals surface area contributed by atoms with Crippen molar-refractivity contribution in [2.75, 3.05) is 18.0 Å². The van der Waals surface area contributed by atoms with Crippen molar-refractivity contribution in [3.05, 3.63) is 78.9 Å². The topological polar surface area (TPSA) is 71.2 Å². The fraction of sp³-hybridized carbons (Fsp3) is 0.375. The SMILES string of the molecule is Cc1nc(N2CC=C(c3ccc(F)c(Cl)c3)[C@@H](O)C2)nc(=O)n1Cc1ccc(C(C)(C)C)s1. The molecule has 0 saturated carbocycles. The highest BCUT2D eigenvalue weighted by molar-refractivity contribution is 7.12. The van der Waals surface area contributed by atoms with Gasteiger partial charge in [-0.1, -0.05) is 44.5 Å². The van der Waals surface area contributed by atoms with E-state index in [0.29, 0.717) is 30.1 Å². The Morgan fingerprint density at radius 3 is 2.61 bits per heavy atom. The Morgan fingerprint density at radius 1 is 1.24 bits per heavy atom. The van der Waals surface area contributed by atoms with Gasteiger partial charge in [0.2, 0.25) is 5.95 Å². The molecule has 0 fully saturated rings. The van der Waals surface area contributed by atoms with E-state index in [-0.39, 0.29) is 28.6 Å². The highest BCUT2D eigenvalue weighted by Crippen LogP contribution is 2.30. The second-order valence-corrected chi connectivity index (χ2v) is 10.7. The average molecular weight is 489 g/mol. The van der Waals surface area contributed by atoms with Crippen LogP contribution in [0.4, 0.5) is 10.3 Å². The first-order chi connectivity index (χ1) is 15.5. The molecule has 1 atom stereocenters. The lowest BCUT2D eigenvalue weighted by Gasteiger charge is -2.30. The number of hydrogen-bond acceptors (Lipinski definition) is 6. The molecule has 1 aliphatic rings. The van der Waals surface area contributed by atoms with Gasteiger partial charge in [0, 0.05) is 16.3 Å². The second-order valence-electron chi connectivity index (χ2n) is 9.16. The lowest BCUT2D eigenvalue weighted by atomic mass is 9.95. The van der Waals surface area contributed by atoms with Crippen molar-refractivity contribution >= 4 is 34.5 Å². The molecule has 3 aromatic rings. The molecule has 2 aromatic heterocycles. The monoisotopic (exact) mass is 488 g/mol. The summed E-state index contributed by atoms with van der Waals surface area (Å²) in [5.41, 5.74) is 0.999. The van der Waals surface area contributed by atoms with Crippen LogP contribution in [0.5, 0.6) is 0 Å². The fourth-order valence-electron chi connectivity index (χ4n) is 3.74. The first kappa shape index (κ1) is 23.6. The molecule has 4 rings (SSSR count). The summed E-state index contributed by atoms with van der Waals surface area (Å²) < 4.78 is 15.0. The van der Waals surface area contributed by atoms with Gasteiger partial charge in [0.1, 0.15) is 11.6 Å². The minimum atomic E-state index is -0.853. The number of anilines is 1. The van der Waals surface area contributed by atoms with Crippen LogP contribution in [0.25, 0.3) is 5.57 Å². The molecule has 1 N–H and O–H groups in total. The quantitative estimate of drug-likeness (QED) is 0.589. The number of aromatic nitrogens is 3. The van der Waals surface area contributed by atoms with E-state index < -0.39 is 11.9 Å². The molecule has 1 aliphatic heterocycles. The number of rotatable bonds is 4. The van der Waals surface area contributed by atoms with E-state index in [1.165, 1.54) is 17.0 Å². The van der Waals surface area contributed by atoms with Gasteiger partial charge in [-0.2, -0.15) is 9.97 Å². The zero-order valence-electron chi connectivity index (χ0n) is 19.0. The van der Waals surface area contributed by atoms with E-state index in [0.717, 1.165) is 4.88 Å². The van der Waals surface area contributed by atoms with Crippen LogP contribution in [0.15, 0.2) is 41.2 Å². The van der Waals surface area contributed by atoms with Crippen molar-refractivity contribution in [1.29, 1.82) is 0 Å². The third kappa shape index (κ3) is 5.03. The van der Waals surface area contributed by atoms with Crippen LogP contribution < -0.4 is 10.6 Å². The Bertz CT molecular complexity index is 1280. The van der Waals surface area contributed by atoms with Crippen LogP contribution in [0.3, 0.4) is 0 Å². The van der Waals surface area contributed by atoms with Crippen molar-refractivity contribution in [2.45, 2.75) is 45.8 Å². The number of aliphatic hydroxyl groups is 1. The molecule has 3 heterocycles. The molecule has 0 radical (unpaired) electrons. The lowest BCUT2D eigenvalue weighted by Crippen LogP contribution is -2.40. The third-order valence-electron chi connectivity index (χ3n) is 5.61. The predicted molar refractivity (Wildman–Crippen MR) is 131 cm³/mol. The molecule has 1 aromatic carbocycles. The summed E-state index contributed by atoms with van der Waals surface area (Å²) in [7, 11) is 0. The number of nitrogens with zero attached hydrogens (tertiary/aromatic N) is 4. The second kappa shape index (κ2) is 9.00. The summed E-state index contributed by atoms with van der Waals surface area (Å²) in [6, 6.07) is 8.51. The lowest BCUT2D eigenvalue weighted by molar-refractivity contribution is 0.233. The molecule has 9 heteroatoms. The van der Waals surface area contributed by atoms with Crippen LogP contribution in [0.1, 0.15) is 41.9 Å². The van der Waals surface area contributed by atoms with Gasteiger partial charge in [-0.3, -0.25) is 4.57 Å². The minimum Gasteiger partial charge on any atom is -0.387 e. The Labute approximate surface area is 201 Å². The van der Waals surface area contributed by atoms with E-state index in [1.807, 2.05) is 12.1 Å². The summed E-state index contributed by atoms with van der Waals surface area (Å²) in [5.74, 6) is 0.335. The Kier molecular flexibility index (Phi) is 6.44. The average Bonchev–Trinajstić information content (AvgIpc) is 3.22. The summed E-state index contributed by atoms with van der Waals surface area (Å²) in [4.78, 5) is 25.6. The largest absolute Gasteiger partial charge is 0.387 e. The van der Waals surface area contributed by atoms with E-state index in [2.05, 4.69) is 36.8 Å². The zero-order valence-corrected chi connectivity index (χ0v) is 20.5. The van der Waals surface area contributed by atoms with Gasteiger partial charge in [-0.25, -0.2) is 9.18 Å². The Hall–Kier alpha value is -2.55. The van der Waals surface area contributed by atoms with Crippen molar-refractivity contribution in [1.82, 2.24) is 14.5 Å². The van der Waals surface area contributed by atoms with E-state index in [1.54, 1.807) is 33.8 Å². The number of thiophene rings is 1. The number of benzene rings is 1. The number of aryl methyl sites for hydroxylation is 1. The molecule has 0 bridgehead atoms. The summed E-state index contributed by atoms with van der Waals surface area (Å²) in [6.07, 6.45) is 0.968. The molecule has 6 nitrogen and oxygen atoms in total. The molecule has 0 unspecified atom stereocenters. The summed E-state index contributed by atoms with van der Waals surface area (Å²) in [5, 5.41) is 10.7. The minimum absolute atomic E-state index is 0.00552. The molecule has 33 heavy (non-hydrogen) atoms. The van der Waals surface area contributed by atoms with Crippen molar-refractivity contribution < 1.29 is 9.50 Å². The van der Waals surface area contributed by atoms with Crippen molar-refractivity contribution in [3.8, 4) is 0 Å². The fourth-order valence-corrected chi connectivity index (χ4v) is 4.97. The van der Waals surface area contributed by atoms with E-state index in [9.17, 15) is 14.3 Å².